The first kappa shape index (κ1) is 14.2. The van der Waals surface area contributed by atoms with E-state index in [0.29, 0.717) is 5.65 Å². The van der Waals surface area contributed by atoms with Gasteiger partial charge in [-0.3, -0.25) is 0 Å². The third kappa shape index (κ3) is 2.55. The fraction of sp³-hybridized carbons (Fsp3) is 0.308. The van der Waals surface area contributed by atoms with Gasteiger partial charge in [0, 0.05) is 32.2 Å². The minimum Gasteiger partial charge on any atom is -0.365 e. The second-order valence-electron chi connectivity index (χ2n) is 5.32. The molecule has 0 N–H and O–H groups in total. The zero-order valence-corrected chi connectivity index (χ0v) is 12.6. The summed E-state index contributed by atoms with van der Waals surface area (Å²) in [6, 6.07) is 6.88. The van der Waals surface area contributed by atoms with Gasteiger partial charge in [-0.25, -0.2) is 0 Å². The Bertz CT molecular complexity index is 871. The van der Waals surface area contributed by atoms with Crippen LogP contribution >= 0.6 is 0 Å². The van der Waals surface area contributed by atoms with Gasteiger partial charge in [-0.15, -0.1) is 14.8 Å². The summed E-state index contributed by atoms with van der Waals surface area (Å²) in [4.78, 5) is 18.3. The fourth-order valence-corrected chi connectivity index (χ4v) is 2.68. The standard InChI is InChI=1S/C13H13N9O2/c23-22(24)11-2-1-10(9-14-11)19-5-7-20(8-6-19)13-4-3-12-15-17-18-21(12)16-13/h1-4,9H,5-8H2. The van der Waals surface area contributed by atoms with Crippen molar-refractivity contribution in [3.63, 3.8) is 0 Å². The highest BCUT2D eigenvalue weighted by atomic mass is 16.6. The molecule has 4 heterocycles. The average Bonchev–Trinajstić information content (AvgIpc) is 3.09. The molecule has 122 valence electrons. The first-order valence-electron chi connectivity index (χ1n) is 7.36. The molecule has 1 fully saturated rings. The molecule has 3 aromatic heterocycles. The minimum absolute atomic E-state index is 0.142. The van der Waals surface area contributed by atoms with Crippen molar-refractivity contribution < 1.29 is 4.92 Å². The smallest absolute Gasteiger partial charge is 0.363 e. The second-order valence-corrected chi connectivity index (χ2v) is 5.32. The molecule has 0 aromatic carbocycles. The lowest BCUT2D eigenvalue weighted by Gasteiger charge is -2.35. The predicted octanol–water partition coefficient (Wildman–Crippen LogP) is 0.149. The third-order valence-corrected chi connectivity index (χ3v) is 3.94. The van der Waals surface area contributed by atoms with Crippen LogP contribution in [0.25, 0.3) is 5.65 Å². The van der Waals surface area contributed by atoms with Crippen molar-refractivity contribution >= 4 is 23.0 Å². The van der Waals surface area contributed by atoms with Crippen LogP contribution in [0, 0.1) is 10.1 Å². The predicted molar refractivity (Wildman–Crippen MR) is 83.9 cm³/mol. The van der Waals surface area contributed by atoms with Gasteiger partial charge in [0.05, 0.1) is 5.69 Å². The van der Waals surface area contributed by atoms with Crippen LogP contribution in [0.4, 0.5) is 17.3 Å². The summed E-state index contributed by atoms with van der Waals surface area (Å²) in [5.74, 6) is 0.674. The van der Waals surface area contributed by atoms with E-state index in [9.17, 15) is 10.1 Å². The third-order valence-electron chi connectivity index (χ3n) is 3.94. The Morgan fingerprint density at radius 2 is 1.83 bits per heavy atom. The Hall–Kier alpha value is -3.37. The second kappa shape index (κ2) is 5.68. The maximum atomic E-state index is 10.7. The van der Waals surface area contributed by atoms with Crippen LogP contribution in [-0.2, 0) is 0 Å². The number of anilines is 2. The number of aromatic nitrogens is 6. The van der Waals surface area contributed by atoms with E-state index in [1.54, 1.807) is 12.3 Å². The highest BCUT2D eigenvalue weighted by Gasteiger charge is 2.20. The molecule has 11 nitrogen and oxygen atoms in total. The van der Waals surface area contributed by atoms with Crippen molar-refractivity contribution in [3.8, 4) is 0 Å². The summed E-state index contributed by atoms with van der Waals surface area (Å²) < 4.78 is 1.40. The van der Waals surface area contributed by atoms with Crippen molar-refractivity contribution in [3.05, 3.63) is 40.6 Å². The summed E-state index contributed by atoms with van der Waals surface area (Å²) in [7, 11) is 0. The summed E-state index contributed by atoms with van der Waals surface area (Å²) in [5, 5.41) is 26.3. The van der Waals surface area contributed by atoms with Crippen LogP contribution in [0.2, 0.25) is 0 Å². The largest absolute Gasteiger partial charge is 0.365 e. The van der Waals surface area contributed by atoms with Gasteiger partial charge in [-0.2, -0.15) is 0 Å². The zero-order valence-electron chi connectivity index (χ0n) is 12.6. The summed E-state index contributed by atoms with van der Waals surface area (Å²) in [6.45, 7) is 3.10. The molecular formula is C13H13N9O2. The molecule has 1 saturated heterocycles. The Balaban J connectivity index is 1.45. The summed E-state index contributed by atoms with van der Waals surface area (Å²) in [6.07, 6.45) is 1.54. The molecule has 1 aliphatic heterocycles. The quantitative estimate of drug-likeness (QED) is 0.489. The van der Waals surface area contributed by atoms with Gasteiger partial charge < -0.3 is 19.9 Å². The highest BCUT2D eigenvalue weighted by molar-refractivity contribution is 5.50. The van der Waals surface area contributed by atoms with Crippen molar-refractivity contribution in [2.75, 3.05) is 36.0 Å². The number of fused-ring (bicyclic) bond motifs is 1. The number of rotatable bonds is 3. The molecule has 0 spiro atoms. The molecule has 0 atom stereocenters. The number of nitro groups is 1. The molecule has 24 heavy (non-hydrogen) atoms. The number of nitrogens with zero attached hydrogens (tertiary/aromatic N) is 9. The van der Waals surface area contributed by atoms with Crippen LogP contribution in [-0.4, -0.2) is 61.3 Å². The first-order chi connectivity index (χ1) is 11.7. The Morgan fingerprint density at radius 3 is 2.54 bits per heavy atom. The van der Waals surface area contributed by atoms with Crippen LogP contribution in [0.15, 0.2) is 30.5 Å². The lowest BCUT2D eigenvalue weighted by atomic mass is 10.2. The number of piperazine rings is 1. The van der Waals surface area contributed by atoms with Gasteiger partial charge in [0.2, 0.25) is 0 Å². The number of pyridine rings is 1. The fourth-order valence-electron chi connectivity index (χ4n) is 2.68. The maximum absolute atomic E-state index is 10.7. The lowest BCUT2D eigenvalue weighted by Crippen LogP contribution is -2.47. The van der Waals surface area contributed by atoms with Gasteiger partial charge in [-0.1, -0.05) is 0 Å². The molecule has 0 bridgehead atoms. The molecule has 4 rings (SSSR count). The normalized spacial score (nSPS) is 15.0. The zero-order chi connectivity index (χ0) is 16.5. The van der Waals surface area contributed by atoms with E-state index in [0.717, 1.165) is 37.7 Å². The number of hydrogen-bond donors (Lipinski definition) is 0. The first-order valence-corrected chi connectivity index (χ1v) is 7.36. The van der Waals surface area contributed by atoms with E-state index in [1.165, 1.54) is 10.7 Å². The van der Waals surface area contributed by atoms with E-state index in [1.807, 2.05) is 12.1 Å². The Morgan fingerprint density at radius 1 is 1.04 bits per heavy atom. The molecule has 11 heteroatoms. The minimum atomic E-state index is -0.497. The molecule has 0 aliphatic carbocycles. The van der Waals surface area contributed by atoms with Gasteiger partial charge in [0.15, 0.2) is 17.7 Å². The molecule has 0 radical (unpaired) electrons. The lowest BCUT2D eigenvalue weighted by molar-refractivity contribution is -0.389. The van der Waals surface area contributed by atoms with E-state index in [-0.39, 0.29) is 5.82 Å². The topological polar surface area (TPSA) is 118 Å². The molecule has 3 aromatic rings. The van der Waals surface area contributed by atoms with Gasteiger partial charge in [-0.05, 0) is 38.5 Å². The summed E-state index contributed by atoms with van der Waals surface area (Å²) >= 11 is 0. The number of hydrogen-bond acceptors (Lipinski definition) is 9. The molecule has 0 amide bonds. The van der Waals surface area contributed by atoms with Gasteiger partial charge in [0.1, 0.15) is 0 Å². The molecular weight excluding hydrogens is 314 g/mol. The summed E-state index contributed by atoms with van der Waals surface area (Å²) in [5.41, 5.74) is 1.48. The van der Waals surface area contributed by atoms with E-state index in [4.69, 9.17) is 0 Å². The van der Waals surface area contributed by atoms with Crippen LogP contribution in [0.5, 0.6) is 0 Å². The SMILES string of the molecule is O=[N+]([O-])c1ccc(N2CCN(c3ccc4nnnn4n3)CC2)cn1. The highest BCUT2D eigenvalue weighted by Crippen LogP contribution is 2.20. The monoisotopic (exact) mass is 327 g/mol. The Labute approximate surface area is 135 Å². The van der Waals surface area contributed by atoms with E-state index >= 15 is 0 Å². The van der Waals surface area contributed by atoms with E-state index < -0.39 is 4.92 Å². The van der Waals surface area contributed by atoms with Gasteiger partial charge >= 0.3 is 5.82 Å². The van der Waals surface area contributed by atoms with E-state index in [2.05, 4.69) is 35.4 Å². The van der Waals surface area contributed by atoms with Crippen molar-refractivity contribution in [1.29, 1.82) is 0 Å². The van der Waals surface area contributed by atoms with Crippen molar-refractivity contribution in [1.82, 2.24) is 30.2 Å². The maximum Gasteiger partial charge on any atom is 0.363 e. The molecule has 0 unspecified atom stereocenters. The van der Waals surface area contributed by atoms with Gasteiger partial charge in [0.25, 0.3) is 0 Å². The van der Waals surface area contributed by atoms with Crippen LogP contribution < -0.4 is 9.80 Å². The molecule has 1 aliphatic rings. The Kier molecular flexibility index (Phi) is 3.37. The van der Waals surface area contributed by atoms with Crippen molar-refractivity contribution in [2.24, 2.45) is 0 Å². The average molecular weight is 327 g/mol. The van der Waals surface area contributed by atoms with Crippen LogP contribution in [0.3, 0.4) is 0 Å². The number of tetrazole rings is 1. The molecule has 0 saturated carbocycles. The van der Waals surface area contributed by atoms with Crippen molar-refractivity contribution in [2.45, 2.75) is 0 Å². The van der Waals surface area contributed by atoms with Crippen LogP contribution in [0.1, 0.15) is 0 Å².